The molecule has 1 aliphatic heterocycles. The van der Waals surface area contributed by atoms with Gasteiger partial charge in [0.2, 0.25) is 0 Å². The quantitative estimate of drug-likeness (QED) is 0.725. The van der Waals surface area contributed by atoms with Gasteiger partial charge in [-0.1, -0.05) is 20.3 Å². The fraction of sp³-hybridized carbons (Fsp3) is 1.00. The summed E-state index contributed by atoms with van der Waals surface area (Å²) in [6.45, 7) is 9.32. The first kappa shape index (κ1) is 11.0. The lowest BCUT2D eigenvalue weighted by atomic mass is 9.87. The van der Waals surface area contributed by atoms with Crippen molar-refractivity contribution < 1.29 is 0 Å². The number of unbranched alkanes of at least 4 members (excludes halogenated alkanes) is 1. The van der Waals surface area contributed by atoms with Gasteiger partial charge in [0.25, 0.3) is 0 Å². The van der Waals surface area contributed by atoms with Gasteiger partial charge in [0, 0.05) is 12.1 Å². The van der Waals surface area contributed by atoms with Crippen molar-refractivity contribution in [2.75, 3.05) is 13.1 Å². The molecule has 0 aromatic carbocycles. The molecule has 2 heteroatoms. The zero-order valence-corrected chi connectivity index (χ0v) is 9.29. The van der Waals surface area contributed by atoms with Gasteiger partial charge in [0.05, 0.1) is 0 Å². The summed E-state index contributed by atoms with van der Waals surface area (Å²) in [5.41, 5.74) is 6.03. The minimum Gasteiger partial charge on any atom is -0.327 e. The Bertz CT molecular complexity index is 145. The van der Waals surface area contributed by atoms with E-state index in [0.29, 0.717) is 18.0 Å². The van der Waals surface area contributed by atoms with Crippen molar-refractivity contribution in [3.05, 3.63) is 0 Å². The molecule has 0 radical (unpaired) electrons. The number of piperidine rings is 1. The van der Waals surface area contributed by atoms with E-state index >= 15 is 0 Å². The van der Waals surface area contributed by atoms with E-state index in [1.807, 2.05) is 0 Å². The normalized spacial score (nSPS) is 36.5. The standard InChI is InChI=1S/C11H24N2/c1-4-5-7-13-8-6-11(12)9(2)10(13)3/h9-11H,4-8,12H2,1-3H3. The topological polar surface area (TPSA) is 29.3 Å². The highest BCUT2D eigenvalue weighted by Gasteiger charge is 2.29. The summed E-state index contributed by atoms with van der Waals surface area (Å²) < 4.78 is 0. The molecular formula is C11H24N2. The van der Waals surface area contributed by atoms with Gasteiger partial charge in [-0.15, -0.1) is 0 Å². The van der Waals surface area contributed by atoms with Crippen molar-refractivity contribution in [3.63, 3.8) is 0 Å². The summed E-state index contributed by atoms with van der Waals surface area (Å²) in [4.78, 5) is 2.59. The summed E-state index contributed by atoms with van der Waals surface area (Å²) in [5.74, 6) is 0.658. The Morgan fingerprint density at radius 1 is 1.38 bits per heavy atom. The molecule has 78 valence electrons. The number of hydrogen-bond acceptors (Lipinski definition) is 2. The smallest absolute Gasteiger partial charge is 0.0107 e. The van der Waals surface area contributed by atoms with E-state index in [0.717, 1.165) is 0 Å². The Labute approximate surface area is 82.5 Å². The number of nitrogens with two attached hydrogens (primary N) is 1. The summed E-state index contributed by atoms with van der Waals surface area (Å²) in [5, 5.41) is 0. The van der Waals surface area contributed by atoms with Crippen molar-refractivity contribution >= 4 is 0 Å². The summed E-state index contributed by atoms with van der Waals surface area (Å²) in [6.07, 6.45) is 3.80. The SMILES string of the molecule is CCCCN1CCC(N)C(C)C1C. The Morgan fingerprint density at radius 3 is 2.69 bits per heavy atom. The average Bonchev–Trinajstić information content (AvgIpc) is 2.13. The van der Waals surface area contributed by atoms with Crippen LogP contribution < -0.4 is 5.73 Å². The molecule has 1 aliphatic rings. The van der Waals surface area contributed by atoms with Crippen molar-refractivity contribution in [3.8, 4) is 0 Å². The van der Waals surface area contributed by atoms with Gasteiger partial charge in [-0.2, -0.15) is 0 Å². The first-order valence-corrected chi connectivity index (χ1v) is 5.66. The van der Waals surface area contributed by atoms with Crippen molar-refractivity contribution in [2.24, 2.45) is 11.7 Å². The maximum Gasteiger partial charge on any atom is 0.0107 e. The zero-order valence-electron chi connectivity index (χ0n) is 9.29. The van der Waals surface area contributed by atoms with Crippen LogP contribution in [0.2, 0.25) is 0 Å². The highest BCUT2D eigenvalue weighted by molar-refractivity contribution is 4.86. The van der Waals surface area contributed by atoms with Crippen LogP contribution in [-0.4, -0.2) is 30.1 Å². The van der Waals surface area contributed by atoms with E-state index in [2.05, 4.69) is 25.7 Å². The van der Waals surface area contributed by atoms with E-state index in [4.69, 9.17) is 5.73 Å². The maximum atomic E-state index is 6.03. The molecule has 0 aromatic heterocycles. The molecule has 0 spiro atoms. The lowest BCUT2D eigenvalue weighted by Gasteiger charge is -2.41. The van der Waals surface area contributed by atoms with Crippen LogP contribution in [0.4, 0.5) is 0 Å². The monoisotopic (exact) mass is 184 g/mol. The fourth-order valence-corrected chi connectivity index (χ4v) is 2.15. The number of rotatable bonds is 3. The highest BCUT2D eigenvalue weighted by Crippen LogP contribution is 2.22. The van der Waals surface area contributed by atoms with Gasteiger partial charge < -0.3 is 10.6 Å². The molecule has 2 nitrogen and oxygen atoms in total. The second-order valence-corrected chi connectivity index (χ2v) is 4.44. The Hall–Kier alpha value is -0.0800. The minimum atomic E-state index is 0.424. The molecule has 2 N–H and O–H groups in total. The summed E-state index contributed by atoms with van der Waals surface area (Å²) in [7, 11) is 0. The molecular weight excluding hydrogens is 160 g/mol. The van der Waals surface area contributed by atoms with E-state index in [1.54, 1.807) is 0 Å². The molecule has 0 aromatic rings. The fourth-order valence-electron chi connectivity index (χ4n) is 2.15. The van der Waals surface area contributed by atoms with Crippen LogP contribution in [0.25, 0.3) is 0 Å². The second kappa shape index (κ2) is 4.97. The van der Waals surface area contributed by atoms with Gasteiger partial charge in [-0.05, 0) is 38.8 Å². The minimum absolute atomic E-state index is 0.424. The van der Waals surface area contributed by atoms with E-state index in [1.165, 1.54) is 32.4 Å². The third-order valence-electron chi connectivity index (χ3n) is 3.56. The van der Waals surface area contributed by atoms with Crippen LogP contribution >= 0.6 is 0 Å². The summed E-state index contributed by atoms with van der Waals surface area (Å²) >= 11 is 0. The predicted octanol–water partition coefficient (Wildman–Crippen LogP) is 1.84. The molecule has 0 saturated carbocycles. The van der Waals surface area contributed by atoms with Crippen LogP contribution in [0, 0.1) is 5.92 Å². The first-order valence-electron chi connectivity index (χ1n) is 5.66. The van der Waals surface area contributed by atoms with Crippen molar-refractivity contribution in [1.82, 2.24) is 4.90 Å². The maximum absolute atomic E-state index is 6.03. The van der Waals surface area contributed by atoms with Crippen LogP contribution in [-0.2, 0) is 0 Å². The average molecular weight is 184 g/mol. The van der Waals surface area contributed by atoms with E-state index < -0.39 is 0 Å². The Morgan fingerprint density at radius 2 is 2.08 bits per heavy atom. The first-order chi connectivity index (χ1) is 6.16. The third kappa shape index (κ3) is 2.68. The summed E-state index contributed by atoms with van der Waals surface area (Å²) in [6, 6.07) is 1.10. The van der Waals surface area contributed by atoms with Crippen molar-refractivity contribution in [1.29, 1.82) is 0 Å². The zero-order chi connectivity index (χ0) is 9.84. The van der Waals surface area contributed by atoms with Gasteiger partial charge >= 0.3 is 0 Å². The number of likely N-dealkylation sites (tertiary alicyclic amines) is 1. The van der Waals surface area contributed by atoms with E-state index in [9.17, 15) is 0 Å². The lowest BCUT2D eigenvalue weighted by molar-refractivity contribution is 0.0966. The second-order valence-electron chi connectivity index (χ2n) is 4.44. The largest absolute Gasteiger partial charge is 0.327 e. The molecule has 1 heterocycles. The lowest BCUT2D eigenvalue weighted by Crippen LogP contribution is -2.51. The van der Waals surface area contributed by atoms with Gasteiger partial charge in [0.1, 0.15) is 0 Å². The molecule has 0 aliphatic carbocycles. The number of hydrogen-bond donors (Lipinski definition) is 1. The van der Waals surface area contributed by atoms with E-state index in [-0.39, 0.29) is 0 Å². The van der Waals surface area contributed by atoms with Crippen LogP contribution in [0.3, 0.4) is 0 Å². The molecule has 1 saturated heterocycles. The van der Waals surface area contributed by atoms with Crippen LogP contribution in [0.5, 0.6) is 0 Å². The predicted molar refractivity (Wildman–Crippen MR) is 57.7 cm³/mol. The molecule has 0 amide bonds. The molecule has 0 bridgehead atoms. The van der Waals surface area contributed by atoms with Crippen molar-refractivity contribution in [2.45, 2.75) is 52.1 Å². The van der Waals surface area contributed by atoms with Gasteiger partial charge in [-0.3, -0.25) is 0 Å². The molecule has 13 heavy (non-hydrogen) atoms. The molecule has 3 atom stereocenters. The number of nitrogens with zero attached hydrogens (tertiary/aromatic N) is 1. The van der Waals surface area contributed by atoms with Gasteiger partial charge in [0.15, 0.2) is 0 Å². The molecule has 1 fully saturated rings. The Kier molecular flexibility index (Phi) is 4.20. The molecule has 3 unspecified atom stereocenters. The van der Waals surface area contributed by atoms with Gasteiger partial charge in [-0.25, -0.2) is 0 Å². The van der Waals surface area contributed by atoms with Crippen LogP contribution in [0.1, 0.15) is 40.0 Å². The van der Waals surface area contributed by atoms with Crippen LogP contribution in [0.15, 0.2) is 0 Å². The molecule has 1 rings (SSSR count). The highest BCUT2D eigenvalue weighted by atomic mass is 15.2. The Balaban J connectivity index is 2.39. The third-order valence-corrected chi connectivity index (χ3v) is 3.56.